The number of aromatic nitrogens is 3. The van der Waals surface area contributed by atoms with Gasteiger partial charge in [-0.1, -0.05) is 43.6 Å². The van der Waals surface area contributed by atoms with Gasteiger partial charge in [-0.15, -0.1) is 0 Å². The van der Waals surface area contributed by atoms with Gasteiger partial charge in [0.25, 0.3) is 5.91 Å². The summed E-state index contributed by atoms with van der Waals surface area (Å²) in [6.45, 7) is 6.89. The molecule has 1 N–H and O–H groups in total. The lowest BCUT2D eigenvalue weighted by Gasteiger charge is -2.33. The lowest BCUT2D eigenvalue weighted by Crippen LogP contribution is -2.27. The second-order valence-electron chi connectivity index (χ2n) is 8.69. The number of amides is 1. The molecule has 158 valence electrons. The van der Waals surface area contributed by atoms with E-state index in [0.717, 1.165) is 30.6 Å². The number of carbonyl (C=O) groups is 1. The van der Waals surface area contributed by atoms with Gasteiger partial charge in [-0.05, 0) is 42.4 Å². The highest BCUT2D eigenvalue weighted by atomic mass is 35.5. The molecule has 3 aromatic rings. The van der Waals surface area contributed by atoms with E-state index in [1.807, 2.05) is 12.1 Å². The number of ether oxygens (including phenoxy) is 1. The fourth-order valence-electron chi connectivity index (χ4n) is 3.71. The van der Waals surface area contributed by atoms with Crippen molar-refractivity contribution in [1.29, 1.82) is 0 Å². The predicted molar refractivity (Wildman–Crippen MR) is 114 cm³/mol. The molecule has 4 rings (SSSR count). The van der Waals surface area contributed by atoms with Gasteiger partial charge in [-0.2, -0.15) is 5.10 Å². The largest absolute Gasteiger partial charge is 0.471 e. The van der Waals surface area contributed by atoms with E-state index in [1.54, 1.807) is 29.2 Å². The first-order valence-corrected chi connectivity index (χ1v) is 10.4. The van der Waals surface area contributed by atoms with E-state index in [0.29, 0.717) is 28.1 Å². The van der Waals surface area contributed by atoms with Crippen LogP contribution >= 0.6 is 11.6 Å². The Bertz CT molecular complexity index is 1050. The van der Waals surface area contributed by atoms with E-state index in [1.165, 1.54) is 0 Å². The highest BCUT2D eigenvalue weighted by Crippen LogP contribution is 2.38. The normalized spacial score (nSPS) is 16.2. The molecule has 0 spiro atoms. The predicted octanol–water partition coefficient (Wildman–Crippen LogP) is 4.96. The third-order valence-corrected chi connectivity index (χ3v) is 5.77. The number of carbonyl (C=O) groups excluding carboxylic acids is 1. The van der Waals surface area contributed by atoms with Crippen molar-refractivity contribution in [1.82, 2.24) is 14.9 Å². The molecule has 1 unspecified atom stereocenters. The van der Waals surface area contributed by atoms with Gasteiger partial charge in [0.15, 0.2) is 12.4 Å². The number of benzene rings is 1. The van der Waals surface area contributed by atoms with Crippen molar-refractivity contribution in [3.63, 3.8) is 0 Å². The van der Waals surface area contributed by atoms with Crippen molar-refractivity contribution >= 4 is 23.2 Å². The molecule has 1 aromatic carbocycles. The molecular formula is C22H25ClN4O3. The summed E-state index contributed by atoms with van der Waals surface area (Å²) in [6.07, 6.45) is 5.94. The molecule has 0 radical (unpaired) electrons. The van der Waals surface area contributed by atoms with Crippen LogP contribution in [0.2, 0.25) is 5.02 Å². The van der Waals surface area contributed by atoms with E-state index < -0.39 is 0 Å². The summed E-state index contributed by atoms with van der Waals surface area (Å²) in [5.74, 6) is 1.67. The van der Waals surface area contributed by atoms with Crippen LogP contribution in [0.1, 0.15) is 49.0 Å². The SMILES string of the molecule is CC(C)(C)C1CCc2onc(C(=O)Nc3cnn(COc4cccc(Cl)c4)c3)c2C1. The summed E-state index contributed by atoms with van der Waals surface area (Å²) in [5.41, 5.74) is 2.03. The monoisotopic (exact) mass is 428 g/mol. The molecule has 0 fully saturated rings. The van der Waals surface area contributed by atoms with Crippen molar-refractivity contribution in [2.45, 2.75) is 46.8 Å². The first kappa shape index (κ1) is 20.5. The molecule has 1 aliphatic carbocycles. The number of nitrogens with zero attached hydrogens (tertiary/aromatic N) is 3. The number of hydrogen-bond acceptors (Lipinski definition) is 5. The lowest BCUT2D eigenvalue weighted by atomic mass is 9.71. The van der Waals surface area contributed by atoms with Crippen LogP contribution in [0.3, 0.4) is 0 Å². The number of aryl methyl sites for hydroxylation is 1. The Kier molecular flexibility index (Phi) is 5.56. The summed E-state index contributed by atoms with van der Waals surface area (Å²) in [7, 11) is 0. The summed E-state index contributed by atoms with van der Waals surface area (Å²) in [5, 5.41) is 11.7. The zero-order chi connectivity index (χ0) is 21.3. The number of halogens is 1. The molecule has 0 aliphatic heterocycles. The van der Waals surface area contributed by atoms with Gasteiger partial charge in [0, 0.05) is 17.0 Å². The minimum absolute atomic E-state index is 0.173. The van der Waals surface area contributed by atoms with Gasteiger partial charge < -0.3 is 14.6 Å². The van der Waals surface area contributed by atoms with Crippen LogP contribution in [-0.2, 0) is 19.6 Å². The molecule has 0 bridgehead atoms. The van der Waals surface area contributed by atoms with Gasteiger partial charge in [-0.25, -0.2) is 4.68 Å². The van der Waals surface area contributed by atoms with Crippen molar-refractivity contribution in [3.05, 3.63) is 58.7 Å². The molecule has 7 nitrogen and oxygen atoms in total. The van der Waals surface area contributed by atoms with Gasteiger partial charge in [-0.3, -0.25) is 4.79 Å². The van der Waals surface area contributed by atoms with Crippen molar-refractivity contribution < 1.29 is 14.1 Å². The van der Waals surface area contributed by atoms with Gasteiger partial charge in [0.1, 0.15) is 11.5 Å². The molecule has 0 saturated heterocycles. The standard InChI is InChI=1S/C22H25ClN4O3/c1-22(2,3)14-7-8-19-18(9-14)20(26-30-19)21(28)25-16-11-24-27(12-16)13-29-17-6-4-5-15(23)10-17/h4-6,10-12,14H,7-9,13H2,1-3H3,(H,25,28). The second kappa shape index (κ2) is 8.14. The number of hydrogen-bond donors (Lipinski definition) is 1. The quantitative estimate of drug-likeness (QED) is 0.620. The fourth-order valence-corrected chi connectivity index (χ4v) is 3.89. The summed E-state index contributed by atoms with van der Waals surface area (Å²) < 4.78 is 12.7. The molecule has 1 atom stereocenters. The minimum Gasteiger partial charge on any atom is -0.471 e. The van der Waals surface area contributed by atoms with Crippen LogP contribution in [-0.4, -0.2) is 20.8 Å². The summed E-state index contributed by atoms with van der Waals surface area (Å²) in [4.78, 5) is 12.8. The van der Waals surface area contributed by atoms with Crippen molar-refractivity contribution in [2.24, 2.45) is 11.3 Å². The smallest absolute Gasteiger partial charge is 0.278 e. The van der Waals surface area contributed by atoms with Crippen LogP contribution in [0.4, 0.5) is 5.69 Å². The molecule has 2 aromatic heterocycles. The third-order valence-electron chi connectivity index (χ3n) is 5.53. The lowest BCUT2D eigenvalue weighted by molar-refractivity contribution is 0.101. The van der Waals surface area contributed by atoms with Gasteiger partial charge in [0.2, 0.25) is 0 Å². The Labute approximate surface area is 180 Å². The van der Waals surface area contributed by atoms with E-state index >= 15 is 0 Å². The Balaban J connectivity index is 1.40. The van der Waals surface area contributed by atoms with Crippen LogP contribution < -0.4 is 10.1 Å². The molecule has 1 aliphatic rings. The summed E-state index contributed by atoms with van der Waals surface area (Å²) >= 11 is 5.96. The van der Waals surface area contributed by atoms with E-state index in [9.17, 15) is 4.79 Å². The van der Waals surface area contributed by atoms with Gasteiger partial charge >= 0.3 is 0 Å². The van der Waals surface area contributed by atoms with Crippen LogP contribution in [0.25, 0.3) is 0 Å². The van der Waals surface area contributed by atoms with E-state index in [4.69, 9.17) is 20.9 Å². The van der Waals surface area contributed by atoms with Gasteiger partial charge in [0.05, 0.1) is 18.1 Å². The van der Waals surface area contributed by atoms with E-state index in [-0.39, 0.29) is 18.1 Å². The Morgan fingerprint density at radius 2 is 2.23 bits per heavy atom. The molecule has 1 amide bonds. The topological polar surface area (TPSA) is 82.2 Å². The number of rotatable bonds is 5. The average Bonchev–Trinajstić information content (AvgIpc) is 3.32. The molecular weight excluding hydrogens is 404 g/mol. The number of fused-ring (bicyclic) bond motifs is 1. The summed E-state index contributed by atoms with van der Waals surface area (Å²) in [6, 6.07) is 7.14. The number of anilines is 1. The Morgan fingerprint density at radius 1 is 1.40 bits per heavy atom. The Hall–Kier alpha value is -2.80. The third kappa shape index (κ3) is 4.51. The van der Waals surface area contributed by atoms with Crippen LogP contribution in [0, 0.1) is 11.3 Å². The van der Waals surface area contributed by atoms with E-state index in [2.05, 4.69) is 36.3 Å². The maximum atomic E-state index is 12.8. The molecule has 0 saturated carbocycles. The van der Waals surface area contributed by atoms with Crippen LogP contribution in [0.15, 0.2) is 41.2 Å². The van der Waals surface area contributed by atoms with Crippen molar-refractivity contribution in [3.8, 4) is 5.75 Å². The Morgan fingerprint density at radius 3 is 3.00 bits per heavy atom. The zero-order valence-electron chi connectivity index (χ0n) is 17.3. The maximum absolute atomic E-state index is 12.8. The first-order chi connectivity index (χ1) is 14.3. The minimum atomic E-state index is -0.287. The highest BCUT2D eigenvalue weighted by molar-refractivity contribution is 6.30. The molecule has 30 heavy (non-hydrogen) atoms. The highest BCUT2D eigenvalue weighted by Gasteiger charge is 2.34. The first-order valence-electron chi connectivity index (χ1n) is 9.99. The van der Waals surface area contributed by atoms with Crippen molar-refractivity contribution in [2.75, 3.05) is 5.32 Å². The zero-order valence-corrected chi connectivity index (χ0v) is 18.1. The second-order valence-corrected chi connectivity index (χ2v) is 9.13. The van der Waals surface area contributed by atoms with Crippen LogP contribution in [0.5, 0.6) is 5.75 Å². The molecule has 2 heterocycles. The number of nitrogens with one attached hydrogen (secondary N) is 1. The fraction of sp³-hybridized carbons (Fsp3) is 0.409. The average molecular weight is 429 g/mol. The maximum Gasteiger partial charge on any atom is 0.278 e. The molecule has 8 heteroatoms.